The average molecular weight is 279 g/mol. The summed E-state index contributed by atoms with van der Waals surface area (Å²) in [6.07, 6.45) is 0. The van der Waals surface area contributed by atoms with Crippen molar-refractivity contribution in [3.8, 4) is 0 Å². The van der Waals surface area contributed by atoms with Crippen molar-refractivity contribution in [3.05, 3.63) is 27.7 Å². The molecule has 1 unspecified atom stereocenters. The van der Waals surface area contributed by atoms with Gasteiger partial charge < -0.3 is 9.66 Å². The van der Waals surface area contributed by atoms with Crippen LogP contribution in [0.4, 0.5) is 0 Å². The second kappa shape index (κ2) is 4.20. The van der Waals surface area contributed by atoms with Crippen molar-refractivity contribution < 1.29 is 18.7 Å². The summed E-state index contributed by atoms with van der Waals surface area (Å²) in [5, 5.41) is 8.79. The number of aromatic carboxylic acids is 1. The normalized spacial score (nSPS) is 12.5. The number of carboxylic acid groups (broad SMARTS) is 1. The molecule has 2 N–H and O–H groups in total. The van der Waals surface area contributed by atoms with Gasteiger partial charge in [-0.1, -0.05) is 15.9 Å². The van der Waals surface area contributed by atoms with Gasteiger partial charge in [-0.05, 0) is 24.6 Å². The van der Waals surface area contributed by atoms with Crippen LogP contribution in [0.1, 0.15) is 15.9 Å². The van der Waals surface area contributed by atoms with E-state index in [0.717, 1.165) is 0 Å². The fourth-order valence-corrected chi connectivity index (χ4v) is 2.27. The van der Waals surface area contributed by atoms with Gasteiger partial charge in [0.1, 0.15) is 0 Å². The van der Waals surface area contributed by atoms with Crippen LogP contribution in [0.5, 0.6) is 0 Å². The molecule has 76 valence electrons. The molecule has 0 aliphatic rings. The fourth-order valence-electron chi connectivity index (χ4n) is 1.06. The van der Waals surface area contributed by atoms with Crippen molar-refractivity contribution in [1.29, 1.82) is 0 Å². The van der Waals surface area contributed by atoms with E-state index >= 15 is 0 Å². The molecule has 0 aromatic heterocycles. The SMILES string of the molecule is Cc1c(C(=O)O)cc(Br)cc1S(=O)O. The number of hydrogen-bond donors (Lipinski definition) is 2. The Morgan fingerprint density at radius 2 is 2.07 bits per heavy atom. The first-order chi connectivity index (χ1) is 6.43. The summed E-state index contributed by atoms with van der Waals surface area (Å²) in [5.74, 6) is -1.12. The van der Waals surface area contributed by atoms with Crippen LogP contribution < -0.4 is 0 Å². The number of carboxylic acids is 1. The lowest BCUT2D eigenvalue weighted by Crippen LogP contribution is -2.04. The van der Waals surface area contributed by atoms with Crippen LogP contribution >= 0.6 is 15.9 Å². The van der Waals surface area contributed by atoms with Crippen LogP contribution in [0.3, 0.4) is 0 Å². The maximum atomic E-state index is 10.8. The maximum Gasteiger partial charge on any atom is 0.336 e. The highest BCUT2D eigenvalue weighted by Crippen LogP contribution is 2.23. The molecular formula is C8H7BrO4S. The molecule has 1 aromatic rings. The lowest BCUT2D eigenvalue weighted by Gasteiger charge is -2.05. The van der Waals surface area contributed by atoms with Crippen molar-refractivity contribution in [2.45, 2.75) is 11.8 Å². The zero-order valence-electron chi connectivity index (χ0n) is 7.15. The highest BCUT2D eigenvalue weighted by molar-refractivity contribution is 9.10. The van der Waals surface area contributed by atoms with Crippen LogP contribution in [0.25, 0.3) is 0 Å². The van der Waals surface area contributed by atoms with Gasteiger partial charge in [-0.2, -0.15) is 0 Å². The smallest absolute Gasteiger partial charge is 0.336 e. The molecule has 1 atom stereocenters. The molecule has 0 saturated carbocycles. The Kier molecular flexibility index (Phi) is 3.41. The molecule has 0 aliphatic heterocycles. The van der Waals surface area contributed by atoms with Gasteiger partial charge in [0.25, 0.3) is 0 Å². The Bertz CT molecular complexity index is 381. The summed E-state index contributed by atoms with van der Waals surface area (Å²) in [6, 6.07) is 2.83. The number of carbonyl (C=O) groups is 1. The minimum atomic E-state index is -2.17. The first-order valence-corrected chi connectivity index (χ1v) is 5.47. The third-order valence-corrected chi connectivity index (χ3v) is 3.00. The first kappa shape index (κ1) is 11.4. The molecule has 4 nitrogen and oxygen atoms in total. The molecule has 6 heteroatoms. The standard InChI is InChI=1S/C8H7BrO4S/c1-4-6(8(10)11)2-5(9)3-7(4)14(12)13/h2-3H,1H3,(H,10,11)(H,12,13). The van der Waals surface area contributed by atoms with E-state index in [1.54, 1.807) is 0 Å². The average Bonchev–Trinajstić information content (AvgIpc) is 2.07. The van der Waals surface area contributed by atoms with Gasteiger partial charge in [0.05, 0.1) is 10.5 Å². The Labute approximate surface area is 91.4 Å². The van der Waals surface area contributed by atoms with E-state index in [1.807, 2.05) is 0 Å². The second-order valence-electron chi connectivity index (χ2n) is 2.63. The van der Waals surface area contributed by atoms with E-state index in [9.17, 15) is 9.00 Å². The Balaban J connectivity index is 3.47. The van der Waals surface area contributed by atoms with Crippen LogP contribution in [0, 0.1) is 6.92 Å². The van der Waals surface area contributed by atoms with Gasteiger partial charge in [0.2, 0.25) is 0 Å². The van der Waals surface area contributed by atoms with Crippen molar-refractivity contribution >= 4 is 33.0 Å². The quantitative estimate of drug-likeness (QED) is 0.812. The topological polar surface area (TPSA) is 74.6 Å². The van der Waals surface area contributed by atoms with E-state index in [0.29, 0.717) is 10.0 Å². The lowest BCUT2D eigenvalue weighted by molar-refractivity contribution is 0.0695. The van der Waals surface area contributed by atoms with Gasteiger partial charge in [0, 0.05) is 4.47 Å². The number of rotatable bonds is 2. The number of benzene rings is 1. The third-order valence-electron chi connectivity index (χ3n) is 1.74. The predicted octanol–water partition coefficient (Wildman–Crippen LogP) is 2.04. The van der Waals surface area contributed by atoms with E-state index < -0.39 is 17.0 Å². The zero-order chi connectivity index (χ0) is 10.9. The molecule has 0 radical (unpaired) electrons. The summed E-state index contributed by atoms with van der Waals surface area (Å²) >= 11 is 0.904. The molecule has 0 bridgehead atoms. The van der Waals surface area contributed by atoms with E-state index in [4.69, 9.17) is 9.66 Å². The van der Waals surface area contributed by atoms with Crippen LogP contribution in [-0.4, -0.2) is 19.8 Å². The summed E-state index contributed by atoms with van der Waals surface area (Å²) in [7, 11) is 0. The monoisotopic (exact) mass is 278 g/mol. The molecule has 0 heterocycles. The lowest BCUT2D eigenvalue weighted by atomic mass is 10.1. The van der Waals surface area contributed by atoms with Crippen molar-refractivity contribution in [2.24, 2.45) is 0 Å². The predicted molar refractivity (Wildman–Crippen MR) is 54.9 cm³/mol. The minimum absolute atomic E-state index is 0.0248. The molecule has 0 fully saturated rings. The maximum absolute atomic E-state index is 10.8. The van der Waals surface area contributed by atoms with Crippen LogP contribution in [-0.2, 0) is 11.1 Å². The van der Waals surface area contributed by atoms with Gasteiger partial charge in [-0.3, -0.25) is 0 Å². The Morgan fingerprint density at radius 1 is 1.50 bits per heavy atom. The molecule has 0 amide bonds. The molecule has 0 spiro atoms. The van der Waals surface area contributed by atoms with Crippen molar-refractivity contribution in [3.63, 3.8) is 0 Å². The molecule has 1 aromatic carbocycles. The fraction of sp³-hybridized carbons (Fsp3) is 0.125. The largest absolute Gasteiger partial charge is 0.478 e. The summed E-state index contributed by atoms with van der Waals surface area (Å²) in [5.41, 5.74) is 0.332. The second-order valence-corrected chi connectivity index (χ2v) is 4.48. The Hall–Kier alpha value is -0.720. The van der Waals surface area contributed by atoms with E-state index in [1.165, 1.54) is 19.1 Å². The van der Waals surface area contributed by atoms with Gasteiger partial charge in [-0.25, -0.2) is 9.00 Å². The Morgan fingerprint density at radius 3 is 2.50 bits per heavy atom. The molecule has 0 saturated heterocycles. The molecular weight excluding hydrogens is 272 g/mol. The van der Waals surface area contributed by atoms with Gasteiger partial charge in [0.15, 0.2) is 11.1 Å². The van der Waals surface area contributed by atoms with Crippen LogP contribution in [0.15, 0.2) is 21.5 Å². The summed E-state index contributed by atoms with van der Waals surface area (Å²) in [4.78, 5) is 10.9. The van der Waals surface area contributed by atoms with Crippen molar-refractivity contribution in [2.75, 3.05) is 0 Å². The van der Waals surface area contributed by atoms with Gasteiger partial charge >= 0.3 is 5.97 Å². The zero-order valence-corrected chi connectivity index (χ0v) is 9.55. The first-order valence-electron chi connectivity index (χ1n) is 3.57. The number of halogens is 1. The van der Waals surface area contributed by atoms with Crippen LogP contribution in [0.2, 0.25) is 0 Å². The highest BCUT2D eigenvalue weighted by Gasteiger charge is 2.14. The third kappa shape index (κ3) is 2.20. The molecule has 1 rings (SSSR count). The summed E-state index contributed by atoms with van der Waals surface area (Å²) in [6.45, 7) is 1.50. The molecule has 0 aliphatic carbocycles. The minimum Gasteiger partial charge on any atom is -0.478 e. The van der Waals surface area contributed by atoms with E-state index in [2.05, 4.69) is 15.9 Å². The molecule has 14 heavy (non-hydrogen) atoms. The van der Waals surface area contributed by atoms with Crippen molar-refractivity contribution in [1.82, 2.24) is 0 Å². The highest BCUT2D eigenvalue weighted by atomic mass is 79.9. The number of hydrogen-bond acceptors (Lipinski definition) is 2. The van der Waals surface area contributed by atoms with E-state index in [-0.39, 0.29) is 10.5 Å². The van der Waals surface area contributed by atoms with Gasteiger partial charge in [-0.15, -0.1) is 0 Å². The summed E-state index contributed by atoms with van der Waals surface area (Å²) < 4.78 is 20.2.